The largest absolute Gasteiger partial charge is 0.363 e. The van der Waals surface area contributed by atoms with Crippen LogP contribution in [0.25, 0.3) is 0 Å². The third kappa shape index (κ3) is 9.36. The Kier molecular flexibility index (Phi) is 12.7. The van der Waals surface area contributed by atoms with E-state index in [1.807, 2.05) is 20.8 Å². The van der Waals surface area contributed by atoms with Gasteiger partial charge >= 0.3 is 0 Å². The molecule has 3 fully saturated rings. The molecule has 11 heteroatoms. The van der Waals surface area contributed by atoms with Gasteiger partial charge in [-0.1, -0.05) is 83.6 Å². The van der Waals surface area contributed by atoms with Gasteiger partial charge < -0.3 is 21.3 Å². The molecule has 4 amide bonds. The van der Waals surface area contributed by atoms with E-state index < -0.39 is 46.6 Å². The number of nitrogens with two attached hydrogens (primary N) is 1. The number of ketones is 3. The lowest BCUT2D eigenvalue weighted by atomic mass is 9.73. The Morgan fingerprint density at radius 2 is 1.62 bits per heavy atom. The zero-order valence-electron chi connectivity index (χ0n) is 31.3. The first-order valence-corrected chi connectivity index (χ1v) is 19.6. The van der Waals surface area contributed by atoms with E-state index >= 15 is 0 Å². The van der Waals surface area contributed by atoms with Crippen LogP contribution in [0.2, 0.25) is 0 Å². The Morgan fingerprint density at radius 1 is 0.923 bits per heavy atom. The van der Waals surface area contributed by atoms with Gasteiger partial charge in [-0.05, 0) is 69.1 Å². The maximum absolute atomic E-state index is 14.2. The standard InChI is InChI=1S/C41H58N4O7/c1-40(2,3)30(39(52)45-23-11-17-32(45)38(51)43-31(36(49)37(42)50)24-26-12-9-13-26)16-10-18-34(47)44-41(21-7-4-8-22-41)25-27-19-20-33(46)28-14-5-6-15-29(28)35(27)48/h5-6,14-15,26-27,30-32H,4,7-13,16-25H2,1-3H3,(H2,42,50)(H,43,51)(H,44,47)/t27?,30-,31?,32+/m1/s1. The molecule has 2 unspecified atom stereocenters. The van der Waals surface area contributed by atoms with E-state index in [1.165, 1.54) is 0 Å². The summed E-state index contributed by atoms with van der Waals surface area (Å²) in [5.74, 6) is -3.13. The van der Waals surface area contributed by atoms with E-state index in [2.05, 4.69) is 10.6 Å². The average Bonchev–Trinajstić information content (AvgIpc) is 3.55. The van der Waals surface area contributed by atoms with E-state index in [1.54, 1.807) is 29.2 Å². The summed E-state index contributed by atoms with van der Waals surface area (Å²) < 4.78 is 0. The molecule has 1 aliphatic heterocycles. The Labute approximate surface area is 308 Å². The predicted octanol–water partition coefficient (Wildman–Crippen LogP) is 5.22. The molecular formula is C41H58N4O7. The van der Waals surface area contributed by atoms with Crippen molar-refractivity contribution in [3.8, 4) is 0 Å². The number of primary amides is 1. The minimum Gasteiger partial charge on any atom is -0.363 e. The van der Waals surface area contributed by atoms with Crippen LogP contribution < -0.4 is 16.4 Å². The molecular weight excluding hydrogens is 660 g/mol. The third-order valence-electron chi connectivity index (χ3n) is 12.2. The van der Waals surface area contributed by atoms with E-state index in [0.29, 0.717) is 69.0 Å². The molecule has 4 N–H and O–H groups in total. The third-order valence-corrected chi connectivity index (χ3v) is 12.2. The van der Waals surface area contributed by atoms with Crippen LogP contribution >= 0.6 is 0 Å². The summed E-state index contributed by atoms with van der Waals surface area (Å²) in [6.07, 6.45) is 11.4. The van der Waals surface area contributed by atoms with Crippen LogP contribution in [-0.2, 0) is 24.0 Å². The molecule has 4 aliphatic rings. The van der Waals surface area contributed by atoms with Crippen molar-refractivity contribution >= 4 is 41.0 Å². The molecule has 0 aromatic heterocycles. The summed E-state index contributed by atoms with van der Waals surface area (Å²) in [7, 11) is 0. The zero-order valence-corrected chi connectivity index (χ0v) is 31.3. The number of Topliss-reactive ketones (excluding diaryl/α,β-unsaturated/α-hetero) is 3. The molecule has 284 valence electrons. The Balaban J connectivity index is 1.20. The second-order valence-electron chi connectivity index (χ2n) is 17.0. The highest BCUT2D eigenvalue weighted by Crippen LogP contribution is 2.39. The summed E-state index contributed by atoms with van der Waals surface area (Å²) in [5, 5.41) is 6.12. The van der Waals surface area contributed by atoms with Gasteiger partial charge in [0.2, 0.25) is 23.5 Å². The molecule has 0 spiro atoms. The van der Waals surface area contributed by atoms with Gasteiger partial charge in [-0.2, -0.15) is 0 Å². The topological polar surface area (TPSA) is 173 Å². The monoisotopic (exact) mass is 718 g/mol. The summed E-state index contributed by atoms with van der Waals surface area (Å²) >= 11 is 0. The van der Waals surface area contributed by atoms with Crippen molar-refractivity contribution in [2.45, 2.75) is 148 Å². The lowest BCUT2D eigenvalue weighted by Crippen LogP contribution is -2.54. The number of likely N-dealkylation sites (tertiary alicyclic amines) is 1. The highest BCUT2D eigenvalue weighted by molar-refractivity contribution is 6.37. The quantitative estimate of drug-likeness (QED) is 0.175. The van der Waals surface area contributed by atoms with E-state index in [0.717, 1.165) is 51.4 Å². The number of fused-ring (bicyclic) bond motifs is 1. The van der Waals surface area contributed by atoms with Crippen molar-refractivity contribution in [3.63, 3.8) is 0 Å². The maximum Gasteiger partial charge on any atom is 0.287 e. The first-order valence-electron chi connectivity index (χ1n) is 19.6. The van der Waals surface area contributed by atoms with Crippen LogP contribution in [0.15, 0.2) is 24.3 Å². The number of benzene rings is 1. The van der Waals surface area contributed by atoms with Crippen molar-refractivity contribution in [1.82, 2.24) is 15.5 Å². The Morgan fingerprint density at radius 3 is 2.25 bits per heavy atom. The molecule has 1 aromatic rings. The van der Waals surface area contributed by atoms with Crippen molar-refractivity contribution in [2.24, 2.45) is 28.9 Å². The maximum atomic E-state index is 14.2. The molecule has 0 bridgehead atoms. The number of amides is 4. The average molecular weight is 719 g/mol. The summed E-state index contributed by atoms with van der Waals surface area (Å²) in [6, 6.07) is 5.31. The normalized spacial score (nSPS) is 23.1. The first kappa shape index (κ1) is 39.3. The molecule has 5 rings (SSSR count). The van der Waals surface area contributed by atoms with Gasteiger partial charge in [-0.3, -0.25) is 33.6 Å². The number of rotatable bonds is 14. The smallest absolute Gasteiger partial charge is 0.287 e. The van der Waals surface area contributed by atoms with E-state index in [4.69, 9.17) is 5.73 Å². The van der Waals surface area contributed by atoms with Gasteiger partial charge in [0.1, 0.15) is 6.04 Å². The number of carbonyl (C=O) groups is 7. The number of hydrogen-bond donors (Lipinski definition) is 3. The van der Waals surface area contributed by atoms with Crippen molar-refractivity contribution in [3.05, 3.63) is 35.4 Å². The van der Waals surface area contributed by atoms with Crippen LogP contribution in [0.1, 0.15) is 151 Å². The van der Waals surface area contributed by atoms with Crippen LogP contribution in [0.5, 0.6) is 0 Å². The molecule has 0 radical (unpaired) electrons. The highest BCUT2D eigenvalue weighted by Gasteiger charge is 2.43. The molecule has 2 saturated carbocycles. The minimum absolute atomic E-state index is 0.0108. The van der Waals surface area contributed by atoms with Gasteiger partial charge in [0.25, 0.3) is 5.91 Å². The number of carbonyl (C=O) groups excluding carboxylic acids is 7. The Bertz CT molecular complexity index is 1540. The fourth-order valence-corrected chi connectivity index (χ4v) is 9.00. The van der Waals surface area contributed by atoms with Crippen LogP contribution in [0, 0.1) is 23.2 Å². The van der Waals surface area contributed by atoms with E-state index in [9.17, 15) is 33.6 Å². The summed E-state index contributed by atoms with van der Waals surface area (Å²) in [4.78, 5) is 93.7. The van der Waals surface area contributed by atoms with Gasteiger partial charge in [0, 0.05) is 47.9 Å². The number of nitrogens with one attached hydrogen (secondary N) is 2. The van der Waals surface area contributed by atoms with Gasteiger partial charge in [-0.15, -0.1) is 0 Å². The van der Waals surface area contributed by atoms with Gasteiger partial charge in [0.15, 0.2) is 11.6 Å². The van der Waals surface area contributed by atoms with Gasteiger partial charge in [-0.25, -0.2) is 0 Å². The predicted molar refractivity (Wildman–Crippen MR) is 196 cm³/mol. The highest BCUT2D eigenvalue weighted by atomic mass is 16.2. The second-order valence-corrected chi connectivity index (χ2v) is 17.0. The molecule has 4 atom stereocenters. The Hall–Kier alpha value is -3.89. The zero-order chi connectivity index (χ0) is 37.6. The van der Waals surface area contributed by atoms with Crippen LogP contribution in [0.3, 0.4) is 0 Å². The number of hydrogen-bond acceptors (Lipinski definition) is 7. The lowest BCUT2D eigenvalue weighted by molar-refractivity contribution is -0.146. The molecule has 1 saturated heterocycles. The van der Waals surface area contributed by atoms with Crippen molar-refractivity contribution in [2.75, 3.05) is 6.54 Å². The summed E-state index contributed by atoms with van der Waals surface area (Å²) in [5.41, 5.74) is 5.33. The molecule has 52 heavy (non-hydrogen) atoms. The lowest BCUT2D eigenvalue weighted by Gasteiger charge is -2.40. The molecule has 1 aromatic carbocycles. The minimum atomic E-state index is -1.07. The fraction of sp³-hybridized carbons (Fsp3) is 0.683. The summed E-state index contributed by atoms with van der Waals surface area (Å²) in [6.45, 7) is 6.39. The fourth-order valence-electron chi connectivity index (χ4n) is 9.00. The van der Waals surface area contributed by atoms with Crippen molar-refractivity contribution < 1.29 is 33.6 Å². The molecule has 11 nitrogen and oxygen atoms in total. The number of nitrogens with zero attached hydrogens (tertiary/aromatic N) is 1. The van der Waals surface area contributed by atoms with Crippen molar-refractivity contribution in [1.29, 1.82) is 0 Å². The van der Waals surface area contributed by atoms with E-state index in [-0.39, 0.29) is 41.6 Å². The van der Waals surface area contributed by atoms with Crippen LogP contribution in [-0.4, -0.2) is 70.0 Å². The second kappa shape index (κ2) is 16.8. The molecule has 1 heterocycles. The first-order chi connectivity index (χ1) is 24.7. The van der Waals surface area contributed by atoms with Gasteiger partial charge in [0.05, 0.1) is 6.04 Å². The molecule has 3 aliphatic carbocycles. The SMILES string of the molecule is CC(C)(C)[C@H](CCCC(=O)NC1(CC2CCC(=O)c3ccccc3C2=O)CCCCC1)C(=O)N1CCC[C@H]1C(=O)NC(CC1CCC1)C(=O)C(N)=O. The van der Waals surface area contributed by atoms with Crippen LogP contribution in [0.4, 0.5) is 0 Å².